The zero-order valence-electron chi connectivity index (χ0n) is 20.1. The summed E-state index contributed by atoms with van der Waals surface area (Å²) in [5.74, 6) is -1.54. The Bertz CT molecular complexity index is 1620. The highest BCUT2D eigenvalue weighted by Crippen LogP contribution is 2.33. The molecule has 7 nitrogen and oxygen atoms in total. The molecule has 0 bridgehead atoms. The number of amides is 1. The van der Waals surface area contributed by atoms with Crippen LogP contribution in [0.4, 0.5) is 28.9 Å². The maximum absolute atomic E-state index is 13.2. The summed E-state index contributed by atoms with van der Waals surface area (Å²) in [6, 6.07) is 16.8. The molecule has 0 heterocycles. The second-order valence-electron chi connectivity index (χ2n) is 8.24. The van der Waals surface area contributed by atoms with Crippen molar-refractivity contribution >= 4 is 27.3 Å². The molecule has 0 saturated heterocycles. The van der Waals surface area contributed by atoms with Crippen LogP contribution in [0.2, 0.25) is 0 Å². The van der Waals surface area contributed by atoms with Gasteiger partial charge in [0.1, 0.15) is 17.3 Å². The van der Waals surface area contributed by atoms with Crippen molar-refractivity contribution in [2.24, 2.45) is 0 Å². The Kier molecular flexibility index (Phi) is 7.50. The minimum absolute atomic E-state index is 0.0923. The van der Waals surface area contributed by atoms with E-state index in [1.54, 1.807) is 6.07 Å². The molecule has 0 radical (unpaired) electrons. The van der Waals surface area contributed by atoms with E-state index in [0.717, 1.165) is 36.4 Å². The van der Waals surface area contributed by atoms with E-state index >= 15 is 0 Å². The lowest BCUT2D eigenvalue weighted by molar-refractivity contribution is -0.137. The van der Waals surface area contributed by atoms with E-state index in [1.807, 2.05) is 0 Å². The van der Waals surface area contributed by atoms with Crippen molar-refractivity contribution in [2.45, 2.75) is 11.1 Å². The number of hydrogen-bond acceptors (Lipinski definition) is 5. The van der Waals surface area contributed by atoms with Gasteiger partial charge in [-0.15, -0.1) is 0 Å². The van der Waals surface area contributed by atoms with Gasteiger partial charge in [0.05, 0.1) is 28.8 Å². The average molecular weight is 561 g/mol. The van der Waals surface area contributed by atoms with Crippen LogP contribution in [0.1, 0.15) is 15.9 Å². The molecule has 202 valence electrons. The second kappa shape index (κ2) is 10.7. The van der Waals surface area contributed by atoms with Gasteiger partial charge in [-0.3, -0.25) is 9.52 Å². The number of phenolic OH excluding ortho intramolecular Hbond substituents is 1. The summed E-state index contributed by atoms with van der Waals surface area (Å²) in [6.45, 7) is 0. The van der Waals surface area contributed by atoms with Crippen LogP contribution in [0.5, 0.6) is 11.5 Å². The molecule has 39 heavy (non-hydrogen) atoms. The third-order valence-electron chi connectivity index (χ3n) is 5.61. The first-order chi connectivity index (χ1) is 18.4. The normalized spacial score (nSPS) is 11.6. The molecule has 1 amide bonds. The van der Waals surface area contributed by atoms with E-state index in [0.29, 0.717) is 11.1 Å². The third kappa shape index (κ3) is 6.29. The molecule has 0 fully saturated rings. The van der Waals surface area contributed by atoms with Gasteiger partial charge >= 0.3 is 6.18 Å². The van der Waals surface area contributed by atoms with Crippen molar-refractivity contribution < 1.29 is 40.6 Å². The van der Waals surface area contributed by atoms with E-state index in [2.05, 4.69) is 10.0 Å². The number of alkyl halides is 3. The van der Waals surface area contributed by atoms with Gasteiger partial charge < -0.3 is 15.2 Å². The number of nitrogens with one attached hydrogen (secondary N) is 2. The molecule has 0 aliphatic carbocycles. The standard InChI is InChI=1S/C27H20F4N2O5S/c1-38-25-14-17(16-2-5-18(6-3-16)27(29,30)31)4-12-22(25)26(35)32-20-9-13-24(34)23(15-20)33-39(36,37)21-10-7-19(28)8-11-21/h2-15,33-34H,1H3,(H,32,35). The predicted octanol–water partition coefficient (Wildman–Crippen LogP) is 6.28. The van der Waals surface area contributed by atoms with Gasteiger partial charge in [-0.1, -0.05) is 18.2 Å². The van der Waals surface area contributed by atoms with Gasteiger partial charge in [0, 0.05) is 5.69 Å². The smallest absolute Gasteiger partial charge is 0.416 e. The number of benzene rings is 4. The van der Waals surface area contributed by atoms with Crippen molar-refractivity contribution in [3.63, 3.8) is 0 Å². The van der Waals surface area contributed by atoms with Gasteiger partial charge in [-0.25, -0.2) is 12.8 Å². The zero-order valence-corrected chi connectivity index (χ0v) is 20.9. The van der Waals surface area contributed by atoms with Gasteiger partial charge in [0.25, 0.3) is 15.9 Å². The Morgan fingerprint density at radius 1 is 0.872 bits per heavy atom. The molecule has 4 aromatic rings. The largest absolute Gasteiger partial charge is 0.506 e. The quantitative estimate of drug-likeness (QED) is 0.140. The number of phenols is 1. The monoisotopic (exact) mass is 560 g/mol. The predicted molar refractivity (Wildman–Crippen MR) is 137 cm³/mol. The lowest BCUT2D eigenvalue weighted by atomic mass is 10.0. The summed E-state index contributed by atoms with van der Waals surface area (Å²) < 4.78 is 84.5. The highest BCUT2D eigenvalue weighted by molar-refractivity contribution is 7.92. The highest BCUT2D eigenvalue weighted by Gasteiger charge is 2.30. The number of rotatable bonds is 7. The molecule has 4 aromatic carbocycles. The number of carbonyl (C=O) groups excluding carboxylic acids is 1. The van der Waals surface area contributed by atoms with Gasteiger partial charge in [0.15, 0.2) is 0 Å². The number of ether oxygens (including phenoxy) is 1. The molecule has 0 unspecified atom stereocenters. The molecule has 0 aliphatic rings. The summed E-state index contributed by atoms with van der Waals surface area (Å²) >= 11 is 0. The van der Waals surface area contributed by atoms with Crippen LogP contribution in [0.3, 0.4) is 0 Å². The number of halogens is 4. The minimum Gasteiger partial charge on any atom is -0.506 e. The van der Waals surface area contributed by atoms with Crippen LogP contribution in [0.25, 0.3) is 11.1 Å². The molecule has 0 saturated carbocycles. The van der Waals surface area contributed by atoms with Crippen molar-refractivity contribution in [3.05, 3.63) is 102 Å². The van der Waals surface area contributed by atoms with Crippen LogP contribution >= 0.6 is 0 Å². The lowest BCUT2D eigenvalue weighted by Gasteiger charge is -2.14. The van der Waals surface area contributed by atoms with E-state index in [-0.39, 0.29) is 27.6 Å². The maximum atomic E-state index is 13.2. The SMILES string of the molecule is COc1cc(-c2ccc(C(F)(F)F)cc2)ccc1C(=O)Nc1ccc(O)c(NS(=O)(=O)c2ccc(F)cc2)c1. The summed E-state index contributed by atoms with van der Waals surface area (Å²) in [5.41, 5.74) is 0.187. The van der Waals surface area contributed by atoms with Crippen LogP contribution in [0, 0.1) is 5.82 Å². The first-order valence-corrected chi connectivity index (χ1v) is 12.6. The van der Waals surface area contributed by atoms with E-state index < -0.39 is 39.2 Å². The van der Waals surface area contributed by atoms with E-state index in [1.165, 1.54) is 49.6 Å². The molecular formula is C27H20F4N2O5S. The van der Waals surface area contributed by atoms with Crippen LogP contribution in [-0.4, -0.2) is 26.5 Å². The van der Waals surface area contributed by atoms with Gasteiger partial charge in [0.2, 0.25) is 0 Å². The Balaban J connectivity index is 1.55. The molecule has 0 spiro atoms. The maximum Gasteiger partial charge on any atom is 0.416 e. The number of sulfonamides is 1. The molecule has 0 aliphatic heterocycles. The topological polar surface area (TPSA) is 105 Å². The zero-order chi connectivity index (χ0) is 28.4. The number of carbonyl (C=O) groups is 1. The van der Waals surface area contributed by atoms with Crippen molar-refractivity contribution in [1.82, 2.24) is 0 Å². The Labute approximate surface area is 220 Å². The van der Waals surface area contributed by atoms with Crippen molar-refractivity contribution in [2.75, 3.05) is 17.1 Å². The molecule has 3 N–H and O–H groups in total. The summed E-state index contributed by atoms with van der Waals surface area (Å²) in [6.07, 6.45) is -4.47. The fourth-order valence-corrected chi connectivity index (χ4v) is 4.69. The Morgan fingerprint density at radius 2 is 1.51 bits per heavy atom. The van der Waals surface area contributed by atoms with Gasteiger partial charge in [-0.2, -0.15) is 13.2 Å². The first kappa shape index (κ1) is 27.5. The van der Waals surface area contributed by atoms with Crippen molar-refractivity contribution in [1.29, 1.82) is 0 Å². The summed E-state index contributed by atoms with van der Waals surface area (Å²) in [5, 5.41) is 12.7. The lowest BCUT2D eigenvalue weighted by Crippen LogP contribution is -2.15. The fraction of sp³-hybridized carbons (Fsp3) is 0.0741. The third-order valence-corrected chi connectivity index (χ3v) is 7.00. The minimum atomic E-state index is -4.47. The first-order valence-electron chi connectivity index (χ1n) is 11.2. The molecule has 0 atom stereocenters. The Morgan fingerprint density at radius 3 is 2.13 bits per heavy atom. The van der Waals surface area contributed by atoms with E-state index in [4.69, 9.17) is 4.74 Å². The number of methoxy groups -OCH3 is 1. The molecule has 12 heteroatoms. The van der Waals surface area contributed by atoms with Crippen LogP contribution in [-0.2, 0) is 16.2 Å². The molecular weight excluding hydrogens is 540 g/mol. The number of anilines is 2. The highest BCUT2D eigenvalue weighted by atomic mass is 32.2. The molecule has 0 aromatic heterocycles. The molecule has 4 rings (SSSR count). The number of aromatic hydroxyl groups is 1. The summed E-state index contributed by atoms with van der Waals surface area (Å²) in [7, 11) is -2.85. The Hall–Kier alpha value is -4.58. The number of hydrogen-bond donors (Lipinski definition) is 3. The summed E-state index contributed by atoms with van der Waals surface area (Å²) in [4.78, 5) is 12.7. The van der Waals surface area contributed by atoms with Crippen molar-refractivity contribution in [3.8, 4) is 22.6 Å². The van der Waals surface area contributed by atoms with Gasteiger partial charge in [-0.05, 0) is 77.9 Å². The van der Waals surface area contributed by atoms with Crippen LogP contribution in [0.15, 0.2) is 89.8 Å². The fourth-order valence-electron chi connectivity index (χ4n) is 3.62. The van der Waals surface area contributed by atoms with E-state index in [9.17, 15) is 35.9 Å². The average Bonchev–Trinajstić information content (AvgIpc) is 2.90. The van der Waals surface area contributed by atoms with Crippen LogP contribution < -0.4 is 14.8 Å². The second-order valence-corrected chi connectivity index (χ2v) is 9.92.